The lowest BCUT2D eigenvalue weighted by Gasteiger charge is -2.20. The summed E-state index contributed by atoms with van der Waals surface area (Å²) >= 11 is 0. The number of aromatic amines is 1. The summed E-state index contributed by atoms with van der Waals surface area (Å²) in [7, 11) is 0. The van der Waals surface area contributed by atoms with Gasteiger partial charge in [-0.2, -0.15) is 0 Å². The average Bonchev–Trinajstić information content (AvgIpc) is 3.26. The molecule has 0 radical (unpaired) electrons. The monoisotopic (exact) mass is 305 g/mol. The summed E-state index contributed by atoms with van der Waals surface area (Å²) in [6, 6.07) is 4.76. The van der Waals surface area contributed by atoms with Crippen LogP contribution >= 0.6 is 0 Å². The Balaban J connectivity index is 1.74. The van der Waals surface area contributed by atoms with E-state index in [1.165, 1.54) is 6.07 Å². The van der Waals surface area contributed by atoms with E-state index >= 15 is 0 Å². The summed E-state index contributed by atoms with van der Waals surface area (Å²) in [4.78, 5) is 5.08. The fraction of sp³-hybridized carbons (Fsp3) is 0.556. The van der Waals surface area contributed by atoms with Gasteiger partial charge in [0.15, 0.2) is 0 Å². The van der Waals surface area contributed by atoms with E-state index in [4.69, 9.17) is 8.85 Å². The van der Waals surface area contributed by atoms with Gasteiger partial charge >= 0.3 is 0 Å². The first kappa shape index (κ1) is 11.2. The van der Waals surface area contributed by atoms with Crippen molar-refractivity contribution < 1.29 is 13.2 Å². The van der Waals surface area contributed by atoms with Crippen LogP contribution < -0.4 is 0 Å². The van der Waals surface area contributed by atoms with Crippen LogP contribution in [0.3, 0.4) is 0 Å². The van der Waals surface area contributed by atoms with Crippen LogP contribution in [0.4, 0.5) is 4.39 Å². The topological polar surface area (TPSA) is 28.3 Å². The number of hydrogen-bond donors (Lipinski definition) is 1. The van der Waals surface area contributed by atoms with Gasteiger partial charge in [-0.1, -0.05) is 0 Å². The molecule has 1 N–H and O–H groups in total. The molecule has 4 heteroatoms. The summed E-state index contributed by atoms with van der Waals surface area (Å²) < 4.78 is 42.7. The second-order valence-electron chi connectivity index (χ2n) is 6.46. The molecule has 0 bridgehead atoms. The van der Waals surface area contributed by atoms with Gasteiger partial charge in [-0.05, 0) is 63.0 Å². The number of likely N-dealkylation sites (N-methyl/N-ethyl adjacent to an activating group) is 1. The number of H-pyrrole nitrogens is 1. The molecular formula is C18H23FN2O. The molecule has 118 valence electrons. The Bertz CT molecular complexity index is 768. The predicted molar refractivity (Wildman–Crippen MR) is 85.8 cm³/mol. The van der Waals surface area contributed by atoms with Crippen LogP contribution in [0, 0.1) is 5.82 Å². The Morgan fingerprint density at radius 1 is 1.45 bits per heavy atom. The van der Waals surface area contributed by atoms with Crippen LogP contribution in [0.15, 0.2) is 18.2 Å². The molecule has 2 fully saturated rings. The number of nitrogens with one attached hydrogen (secondary N) is 1. The SMILES string of the molecule is [2H]C([2H])([2H])N1CCC[C@@H]1Cc1c([C@H]2CCOC2)[nH]c2ccc(F)cc12. The van der Waals surface area contributed by atoms with Crippen molar-refractivity contribution in [3.8, 4) is 0 Å². The quantitative estimate of drug-likeness (QED) is 0.941. The van der Waals surface area contributed by atoms with Crippen LogP contribution in [-0.2, 0) is 11.2 Å². The van der Waals surface area contributed by atoms with Crippen molar-refractivity contribution in [2.45, 2.75) is 37.6 Å². The minimum atomic E-state index is -2.07. The predicted octanol–water partition coefficient (Wildman–Crippen LogP) is 3.45. The lowest BCUT2D eigenvalue weighted by molar-refractivity contribution is 0.193. The Kier molecular flexibility index (Phi) is 2.88. The number of rotatable bonds is 3. The Morgan fingerprint density at radius 3 is 3.23 bits per heavy atom. The second kappa shape index (κ2) is 5.67. The molecule has 1 aromatic carbocycles. The number of nitrogens with zero attached hydrogens (tertiary/aromatic N) is 1. The molecule has 2 aromatic rings. The normalized spacial score (nSPS) is 28.9. The summed E-state index contributed by atoms with van der Waals surface area (Å²) in [5, 5.41) is 0.874. The highest BCUT2D eigenvalue weighted by Crippen LogP contribution is 2.35. The molecule has 0 aliphatic carbocycles. The zero-order valence-electron chi connectivity index (χ0n) is 15.6. The summed E-state index contributed by atoms with van der Waals surface area (Å²) in [6.07, 6.45) is 3.33. The van der Waals surface area contributed by atoms with Gasteiger partial charge < -0.3 is 14.6 Å². The summed E-state index contributed by atoms with van der Waals surface area (Å²) in [5.41, 5.74) is 3.07. The van der Waals surface area contributed by atoms with Crippen molar-refractivity contribution in [2.75, 3.05) is 26.7 Å². The van der Waals surface area contributed by atoms with Gasteiger partial charge in [0.1, 0.15) is 5.82 Å². The van der Waals surface area contributed by atoms with Crippen LogP contribution in [0.1, 0.15) is 40.6 Å². The van der Waals surface area contributed by atoms with E-state index in [-0.39, 0.29) is 17.8 Å². The third-order valence-corrected chi connectivity index (χ3v) is 5.06. The molecule has 2 saturated heterocycles. The second-order valence-corrected chi connectivity index (χ2v) is 6.46. The number of likely N-dealkylation sites (tertiary alicyclic amines) is 1. The van der Waals surface area contributed by atoms with Gasteiger partial charge in [0.2, 0.25) is 0 Å². The molecule has 22 heavy (non-hydrogen) atoms. The third kappa shape index (κ3) is 2.44. The number of hydrogen-bond acceptors (Lipinski definition) is 2. The first-order chi connectivity index (χ1) is 11.9. The third-order valence-electron chi connectivity index (χ3n) is 5.06. The average molecular weight is 305 g/mol. The largest absolute Gasteiger partial charge is 0.381 e. The highest BCUT2D eigenvalue weighted by molar-refractivity contribution is 5.85. The van der Waals surface area contributed by atoms with Gasteiger partial charge in [0, 0.05) is 39.3 Å². The summed E-state index contributed by atoms with van der Waals surface area (Å²) in [6.45, 7) is -0.0798. The highest BCUT2D eigenvalue weighted by atomic mass is 19.1. The van der Waals surface area contributed by atoms with Crippen molar-refractivity contribution in [3.63, 3.8) is 0 Å². The Hall–Kier alpha value is -1.39. The van der Waals surface area contributed by atoms with E-state index in [9.17, 15) is 4.39 Å². The number of aromatic nitrogens is 1. The minimum absolute atomic E-state index is 0.0316. The van der Waals surface area contributed by atoms with Crippen LogP contribution in [0.25, 0.3) is 10.9 Å². The van der Waals surface area contributed by atoms with E-state index in [1.54, 1.807) is 17.0 Å². The zero-order valence-corrected chi connectivity index (χ0v) is 12.6. The van der Waals surface area contributed by atoms with Crippen LogP contribution in [0.2, 0.25) is 0 Å². The summed E-state index contributed by atoms with van der Waals surface area (Å²) in [5.74, 6) is 0.00847. The molecule has 3 heterocycles. The van der Waals surface area contributed by atoms with Gasteiger partial charge in [0.25, 0.3) is 0 Å². The standard InChI is InChI=1S/C18H23FN2O/c1-21-7-2-3-14(21)10-16-15-9-13(19)4-5-17(15)20-18(16)12-6-8-22-11-12/h4-5,9,12,14,20H,2-3,6-8,10-11H2,1H3/t12-,14+/m0/s1/i1D3. The van der Waals surface area contributed by atoms with Crippen molar-refractivity contribution in [3.05, 3.63) is 35.3 Å². The van der Waals surface area contributed by atoms with E-state index in [0.717, 1.165) is 48.0 Å². The van der Waals surface area contributed by atoms with Gasteiger partial charge in [-0.3, -0.25) is 0 Å². The maximum Gasteiger partial charge on any atom is 0.123 e. The van der Waals surface area contributed by atoms with E-state index in [2.05, 4.69) is 4.98 Å². The zero-order chi connectivity index (χ0) is 17.6. The molecule has 3 nitrogen and oxygen atoms in total. The Labute approximate surface area is 134 Å². The molecule has 0 spiro atoms. The van der Waals surface area contributed by atoms with Crippen molar-refractivity contribution in [2.24, 2.45) is 0 Å². The molecule has 1 aromatic heterocycles. The van der Waals surface area contributed by atoms with Gasteiger partial charge in [-0.15, -0.1) is 0 Å². The van der Waals surface area contributed by atoms with Crippen LogP contribution in [-0.4, -0.2) is 42.7 Å². The van der Waals surface area contributed by atoms with E-state index < -0.39 is 6.98 Å². The number of ether oxygens (including phenoxy) is 1. The molecule has 4 rings (SSSR count). The van der Waals surface area contributed by atoms with Crippen molar-refractivity contribution in [1.29, 1.82) is 0 Å². The van der Waals surface area contributed by atoms with Crippen LogP contribution in [0.5, 0.6) is 0 Å². The molecular weight excluding hydrogens is 279 g/mol. The minimum Gasteiger partial charge on any atom is -0.381 e. The highest BCUT2D eigenvalue weighted by Gasteiger charge is 2.28. The van der Waals surface area contributed by atoms with Gasteiger partial charge in [0.05, 0.1) is 6.61 Å². The van der Waals surface area contributed by atoms with E-state index in [0.29, 0.717) is 19.6 Å². The fourth-order valence-corrected chi connectivity index (χ4v) is 3.85. The molecule has 2 aliphatic heterocycles. The first-order valence-corrected chi connectivity index (χ1v) is 8.08. The maximum atomic E-state index is 13.8. The molecule has 2 atom stereocenters. The first-order valence-electron chi connectivity index (χ1n) is 9.58. The van der Waals surface area contributed by atoms with Crippen molar-refractivity contribution >= 4 is 10.9 Å². The maximum absolute atomic E-state index is 13.8. The lowest BCUT2D eigenvalue weighted by Crippen LogP contribution is -2.27. The van der Waals surface area contributed by atoms with E-state index in [1.807, 2.05) is 0 Å². The number of benzene rings is 1. The molecule has 0 amide bonds. The Morgan fingerprint density at radius 2 is 2.41 bits per heavy atom. The smallest absolute Gasteiger partial charge is 0.123 e. The fourth-order valence-electron chi connectivity index (χ4n) is 3.85. The molecule has 0 unspecified atom stereocenters. The lowest BCUT2D eigenvalue weighted by atomic mass is 9.94. The van der Waals surface area contributed by atoms with Crippen molar-refractivity contribution in [1.82, 2.24) is 9.88 Å². The molecule has 2 aliphatic rings. The number of fused-ring (bicyclic) bond motifs is 1. The van der Waals surface area contributed by atoms with Gasteiger partial charge in [-0.25, -0.2) is 4.39 Å². The number of halogens is 1. The molecule has 0 saturated carbocycles.